The van der Waals surface area contributed by atoms with E-state index >= 15 is 0 Å². The number of allylic oxidation sites excluding steroid dienone is 2. The van der Waals surface area contributed by atoms with Gasteiger partial charge in [0.15, 0.2) is 0 Å². The molecule has 0 radical (unpaired) electrons. The Bertz CT molecular complexity index is 507. The summed E-state index contributed by atoms with van der Waals surface area (Å²) in [5.41, 5.74) is 0.851. The summed E-state index contributed by atoms with van der Waals surface area (Å²) in [4.78, 5) is 12.8. The highest BCUT2D eigenvalue weighted by Crippen LogP contribution is 2.25. The van der Waals surface area contributed by atoms with Gasteiger partial charge in [-0.25, -0.2) is 9.28 Å². The van der Waals surface area contributed by atoms with E-state index in [1.54, 1.807) is 0 Å². The number of rotatable bonds is 4. The second-order valence-corrected chi connectivity index (χ2v) is 5.15. The van der Waals surface area contributed by atoms with Crippen molar-refractivity contribution in [2.75, 3.05) is 11.9 Å². The molecule has 1 aliphatic heterocycles. The Labute approximate surface area is 121 Å². The first kappa shape index (κ1) is 14.5. The van der Waals surface area contributed by atoms with E-state index in [0.29, 0.717) is 4.48 Å². The van der Waals surface area contributed by atoms with Gasteiger partial charge in [-0.2, -0.15) is 0 Å². The van der Waals surface area contributed by atoms with Crippen molar-refractivity contribution in [3.8, 4) is 0 Å². The molecule has 1 aliphatic rings. The minimum Gasteiger partial charge on any atom is -0.275 e. The highest BCUT2D eigenvalue weighted by molar-refractivity contribution is 5.84. The van der Waals surface area contributed by atoms with Gasteiger partial charge in [0, 0.05) is 12.1 Å². The fraction of sp³-hybridized carbons (Fsp3) is 0.353. The Morgan fingerprint density at radius 1 is 1.20 bits per heavy atom. The van der Waals surface area contributed by atoms with Crippen LogP contribution in [0.25, 0.3) is 0 Å². The lowest BCUT2D eigenvalue weighted by atomic mass is 10.1. The zero-order chi connectivity index (χ0) is 14.4. The lowest BCUT2D eigenvalue weighted by Gasteiger charge is -2.38. The Hall–Kier alpha value is -1.87. The molecule has 1 heterocycles. The van der Waals surface area contributed by atoms with Crippen molar-refractivity contribution in [2.45, 2.75) is 32.7 Å². The fourth-order valence-electron chi connectivity index (χ4n) is 2.80. The summed E-state index contributed by atoms with van der Waals surface area (Å²) in [6, 6.07) is 9.92. The molecule has 0 bridgehead atoms. The third kappa shape index (κ3) is 2.83. The van der Waals surface area contributed by atoms with E-state index in [1.165, 1.54) is 0 Å². The van der Waals surface area contributed by atoms with Gasteiger partial charge in [-0.1, -0.05) is 38.1 Å². The van der Waals surface area contributed by atoms with Gasteiger partial charge in [0.25, 0.3) is 0 Å². The van der Waals surface area contributed by atoms with Gasteiger partial charge in [-0.3, -0.25) is 5.32 Å². The highest BCUT2D eigenvalue weighted by atomic mass is 16.2. The number of carbonyl (C=O) groups is 1. The molecular formula is C17H23N2O+. The monoisotopic (exact) mass is 271 g/mol. The number of hydrogen-bond acceptors (Lipinski definition) is 1. The summed E-state index contributed by atoms with van der Waals surface area (Å²) in [7, 11) is 0. The van der Waals surface area contributed by atoms with Crippen LogP contribution in [0.15, 0.2) is 54.8 Å². The first-order valence-corrected chi connectivity index (χ1v) is 7.33. The second-order valence-electron chi connectivity index (χ2n) is 5.15. The van der Waals surface area contributed by atoms with Gasteiger partial charge in [0.1, 0.15) is 12.2 Å². The van der Waals surface area contributed by atoms with Crippen LogP contribution < -0.4 is 5.32 Å². The molecule has 0 aliphatic carbocycles. The molecule has 1 N–H and O–H groups in total. The smallest absolute Gasteiger partial charge is 0.275 e. The van der Waals surface area contributed by atoms with Gasteiger partial charge in [-0.05, 0) is 30.7 Å². The largest absolute Gasteiger partial charge is 0.426 e. The third-order valence-corrected chi connectivity index (χ3v) is 3.80. The summed E-state index contributed by atoms with van der Waals surface area (Å²) >= 11 is 0. The summed E-state index contributed by atoms with van der Waals surface area (Å²) in [5, 5.41) is 3.05. The number of nitrogens with zero attached hydrogens (tertiary/aromatic N) is 1. The molecule has 20 heavy (non-hydrogen) atoms. The maximum atomic E-state index is 12.8. The lowest BCUT2D eigenvalue weighted by molar-refractivity contribution is -0.817. The zero-order valence-electron chi connectivity index (χ0n) is 12.3. The van der Waals surface area contributed by atoms with Crippen molar-refractivity contribution < 1.29 is 9.28 Å². The molecule has 1 aromatic rings. The molecule has 1 aromatic carbocycles. The van der Waals surface area contributed by atoms with Crippen LogP contribution >= 0.6 is 0 Å². The van der Waals surface area contributed by atoms with Crippen LogP contribution in [-0.2, 0) is 0 Å². The first-order chi connectivity index (χ1) is 9.73. The van der Waals surface area contributed by atoms with Gasteiger partial charge in [-0.15, -0.1) is 0 Å². The minimum absolute atomic E-state index is 0.0468. The zero-order valence-corrected chi connectivity index (χ0v) is 12.3. The Morgan fingerprint density at radius 2 is 1.95 bits per heavy atom. The van der Waals surface area contributed by atoms with Crippen LogP contribution in [0.4, 0.5) is 10.5 Å². The maximum absolute atomic E-state index is 12.8. The minimum atomic E-state index is 0.0468. The molecule has 2 amide bonds. The Kier molecular flexibility index (Phi) is 4.74. The van der Waals surface area contributed by atoms with Crippen LogP contribution in [-0.4, -0.2) is 23.1 Å². The van der Waals surface area contributed by atoms with E-state index in [4.69, 9.17) is 0 Å². The molecule has 0 saturated heterocycles. The van der Waals surface area contributed by atoms with Gasteiger partial charge >= 0.3 is 6.03 Å². The average molecular weight is 271 g/mol. The Morgan fingerprint density at radius 3 is 2.60 bits per heavy atom. The number of quaternary nitrogens is 1. The number of nitrogens with one attached hydrogen (secondary N) is 1. The Balaban J connectivity index is 2.25. The number of hydrogen-bond donors (Lipinski definition) is 1. The molecule has 0 aromatic heterocycles. The van der Waals surface area contributed by atoms with Crippen LogP contribution in [0.5, 0.6) is 0 Å². The SMILES string of the molecule is CCC[N+]1(C(=O)Nc2ccccc2)C=CC=CC1CC. The summed E-state index contributed by atoms with van der Waals surface area (Å²) < 4.78 is 0.360. The summed E-state index contributed by atoms with van der Waals surface area (Å²) in [5.74, 6) is 0. The predicted molar refractivity (Wildman–Crippen MR) is 83.2 cm³/mol. The average Bonchev–Trinajstić information content (AvgIpc) is 2.49. The lowest BCUT2D eigenvalue weighted by Crippen LogP contribution is -2.57. The number of para-hydroxylation sites is 1. The molecule has 3 nitrogen and oxygen atoms in total. The van der Waals surface area contributed by atoms with Crippen LogP contribution in [0, 0.1) is 0 Å². The number of benzene rings is 1. The van der Waals surface area contributed by atoms with Crippen LogP contribution in [0.1, 0.15) is 26.7 Å². The van der Waals surface area contributed by atoms with Gasteiger partial charge in [0.2, 0.25) is 0 Å². The molecule has 2 rings (SSSR count). The molecule has 2 atom stereocenters. The van der Waals surface area contributed by atoms with E-state index in [2.05, 4.69) is 25.2 Å². The standard InChI is InChI=1S/C17H22N2O/c1-3-13-19(14-9-8-12-16(19)4-2)17(20)18-15-10-6-5-7-11-15/h5-12,14,16H,3-4,13H2,1-2H3/p+1. The number of anilines is 1. The van der Waals surface area contributed by atoms with Gasteiger partial charge < -0.3 is 0 Å². The molecule has 0 saturated carbocycles. The highest BCUT2D eigenvalue weighted by Gasteiger charge is 2.41. The summed E-state index contributed by atoms with van der Waals surface area (Å²) in [6.07, 6.45) is 10.1. The van der Waals surface area contributed by atoms with Gasteiger partial charge in [0.05, 0.1) is 6.54 Å². The van der Waals surface area contributed by atoms with Crippen molar-refractivity contribution in [1.82, 2.24) is 0 Å². The topological polar surface area (TPSA) is 29.1 Å². The van der Waals surface area contributed by atoms with E-state index in [9.17, 15) is 4.79 Å². The quantitative estimate of drug-likeness (QED) is 0.812. The van der Waals surface area contributed by atoms with Crippen molar-refractivity contribution in [1.29, 1.82) is 0 Å². The maximum Gasteiger partial charge on any atom is 0.426 e. The van der Waals surface area contributed by atoms with E-state index < -0.39 is 0 Å². The van der Waals surface area contributed by atoms with Crippen molar-refractivity contribution in [3.05, 3.63) is 54.8 Å². The fourth-order valence-corrected chi connectivity index (χ4v) is 2.80. The van der Waals surface area contributed by atoms with E-state index in [-0.39, 0.29) is 12.1 Å². The third-order valence-electron chi connectivity index (χ3n) is 3.80. The molecule has 106 valence electrons. The van der Waals surface area contributed by atoms with Crippen LogP contribution in [0.3, 0.4) is 0 Å². The molecule has 2 unspecified atom stereocenters. The predicted octanol–water partition coefficient (Wildman–Crippen LogP) is 4.31. The first-order valence-electron chi connectivity index (χ1n) is 7.33. The number of carbonyl (C=O) groups excluding carboxylic acids is 1. The van der Waals surface area contributed by atoms with Crippen LogP contribution in [0.2, 0.25) is 0 Å². The normalized spacial score (nSPS) is 24.6. The molecular weight excluding hydrogens is 248 g/mol. The van der Waals surface area contributed by atoms with Crippen molar-refractivity contribution >= 4 is 11.7 Å². The van der Waals surface area contributed by atoms with E-state index in [1.807, 2.05) is 48.7 Å². The second kappa shape index (κ2) is 6.53. The molecule has 3 heteroatoms. The molecule has 0 spiro atoms. The molecule has 0 fully saturated rings. The van der Waals surface area contributed by atoms with E-state index in [0.717, 1.165) is 25.1 Å². The summed E-state index contributed by atoms with van der Waals surface area (Å²) in [6.45, 7) is 5.07. The number of amides is 2. The van der Waals surface area contributed by atoms with Crippen molar-refractivity contribution in [3.63, 3.8) is 0 Å². The van der Waals surface area contributed by atoms with Crippen molar-refractivity contribution in [2.24, 2.45) is 0 Å². The number of urea groups is 1.